The first-order chi connectivity index (χ1) is 10.0. The average molecular weight is 290 g/mol. The lowest BCUT2D eigenvalue weighted by Crippen LogP contribution is -2.33. The van der Waals surface area contributed by atoms with Crippen LogP contribution >= 0.6 is 0 Å². The Kier molecular flexibility index (Phi) is 5.67. The van der Waals surface area contributed by atoms with Crippen LogP contribution in [-0.2, 0) is 11.3 Å². The highest BCUT2D eigenvalue weighted by Crippen LogP contribution is 2.19. The number of rotatable bonds is 5. The van der Waals surface area contributed by atoms with Gasteiger partial charge in [-0.05, 0) is 58.7 Å². The number of piperidine rings is 1. The van der Waals surface area contributed by atoms with E-state index in [1.165, 1.54) is 19.4 Å². The van der Waals surface area contributed by atoms with Gasteiger partial charge in [0, 0.05) is 24.4 Å². The van der Waals surface area contributed by atoms with Crippen molar-refractivity contribution in [1.29, 1.82) is 0 Å². The molecule has 116 valence electrons. The molecular formula is C16H26N4O. The van der Waals surface area contributed by atoms with Gasteiger partial charge in [-0.15, -0.1) is 0 Å². The molecule has 5 nitrogen and oxygen atoms in total. The summed E-state index contributed by atoms with van der Waals surface area (Å²) in [7, 11) is 2.16. The first-order valence-electron chi connectivity index (χ1n) is 7.79. The van der Waals surface area contributed by atoms with Gasteiger partial charge in [0.2, 0.25) is 5.91 Å². The Morgan fingerprint density at radius 2 is 2.10 bits per heavy atom. The number of likely N-dealkylation sites (tertiary alicyclic amines) is 1. The predicted octanol–water partition coefficient (Wildman–Crippen LogP) is 1.83. The maximum absolute atomic E-state index is 11.9. The van der Waals surface area contributed by atoms with E-state index in [2.05, 4.69) is 27.2 Å². The molecule has 0 radical (unpaired) electrons. The van der Waals surface area contributed by atoms with Crippen LogP contribution in [0.2, 0.25) is 0 Å². The molecule has 1 aromatic rings. The number of hydrogen-bond acceptors (Lipinski definition) is 4. The van der Waals surface area contributed by atoms with Gasteiger partial charge in [-0.3, -0.25) is 4.79 Å². The van der Waals surface area contributed by atoms with E-state index in [0.717, 1.165) is 24.4 Å². The van der Waals surface area contributed by atoms with Crippen molar-refractivity contribution in [1.82, 2.24) is 20.2 Å². The molecular weight excluding hydrogens is 264 g/mol. The van der Waals surface area contributed by atoms with E-state index in [4.69, 9.17) is 0 Å². The molecule has 1 N–H and O–H groups in total. The number of carbonyl (C=O) groups excluding carboxylic acids is 1. The minimum absolute atomic E-state index is 0.103. The van der Waals surface area contributed by atoms with Gasteiger partial charge in [0.25, 0.3) is 0 Å². The molecule has 1 aliphatic heterocycles. The smallest absolute Gasteiger partial charge is 0.220 e. The highest BCUT2D eigenvalue weighted by atomic mass is 16.1. The fourth-order valence-corrected chi connectivity index (χ4v) is 2.99. The van der Waals surface area contributed by atoms with Gasteiger partial charge in [-0.25, -0.2) is 9.97 Å². The Hall–Kier alpha value is -1.49. The van der Waals surface area contributed by atoms with Crippen LogP contribution in [0.25, 0.3) is 0 Å². The summed E-state index contributed by atoms with van der Waals surface area (Å²) < 4.78 is 0. The lowest BCUT2D eigenvalue weighted by Gasteiger charge is -2.29. The van der Waals surface area contributed by atoms with Crippen LogP contribution in [0.5, 0.6) is 0 Å². The van der Waals surface area contributed by atoms with Crippen molar-refractivity contribution in [2.45, 2.75) is 46.1 Å². The van der Waals surface area contributed by atoms with Gasteiger partial charge in [-0.2, -0.15) is 0 Å². The van der Waals surface area contributed by atoms with E-state index in [-0.39, 0.29) is 5.91 Å². The zero-order chi connectivity index (χ0) is 15.2. The van der Waals surface area contributed by atoms with Crippen LogP contribution in [-0.4, -0.2) is 40.9 Å². The number of nitrogens with zero attached hydrogens (tertiary/aromatic N) is 3. The Balaban J connectivity index is 1.72. The molecule has 0 spiro atoms. The molecule has 21 heavy (non-hydrogen) atoms. The lowest BCUT2D eigenvalue weighted by atomic mass is 9.93. The van der Waals surface area contributed by atoms with E-state index in [1.807, 2.05) is 19.9 Å². The summed E-state index contributed by atoms with van der Waals surface area (Å²) in [6, 6.07) is 1.94. The van der Waals surface area contributed by atoms with Crippen molar-refractivity contribution in [3.8, 4) is 0 Å². The first-order valence-corrected chi connectivity index (χ1v) is 7.79. The summed E-state index contributed by atoms with van der Waals surface area (Å²) in [5, 5.41) is 2.93. The second kappa shape index (κ2) is 7.50. The molecule has 1 aromatic heterocycles. The summed E-state index contributed by atoms with van der Waals surface area (Å²) in [5.41, 5.74) is 1.88. The van der Waals surface area contributed by atoms with Crippen molar-refractivity contribution in [2.75, 3.05) is 20.1 Å². The van der Waals surface area contributed by atoms with Gasteiger partial charge >= 0.3 is 0 Å². The minimum Gasteiger partial charge on any atom is -0.349 e. The number of nitrogens with one attached hydrogen (secondary N) is 1. The summed E-state index contributed by atoms with van der Waals surface area (Å²) >= 11 is 0. The highest BCUT2D eigenvalue weighted by molar-refractivity contribution is 5.75. The Bertz CT molecular complexity index is 469. The Morgan fingerprint density at radius 1 is 1.38 bits per heavy atom. The summed E-state index contributed by atoms with van der Waals surface area (Å²) in [6.07, 6.45) is 4.07. The van der Waals surface area contributed by atoms with Crippen LogP contribution in [0.15, 0.2) is 6.07 Å². The second-order valence-corrected chi connectivity index (χ2v) is 6.15. The van der Waals surface area contributed by atoms with Crippen LogP contribution < -0.4 is 5.32 Å². The maximum Gasteiger partial charge on any atom is 0.220 e. The SMILES string of the molecule is Cc1cc(C)nc(CNC(=O)CC[C@H]2CCCN(C)C2)n1. The molecule has 0 saturated carbocycles. The van der Waals surface area contributed by atoms with E-state index < -0.39 is 0 Å². The number of aryl methyl sites for hydroxylation is 2. The lowest BCUT2D eigenvalue weighted by molar-refractivity contribution is -0.121. The standard InChI is InChI=1S/C16H26N4O/c1-12-9-13(2)19-15(18-12)10-17-16(21)7-6-14-5-4-8-20(3)11-14/h9,14H,4-8,10-11H2,1-3H3,(H,17,21)/t14-/m1/s1. The molecule has 2 heterocycles. The van der Waals surface area contributed by atoms with Crippen LogP contribution in [0.3, 0.4) is 0 Å². The summed E-state index contributed by atoms with van der Waals surface area (Å²) in [4.78, 5) is 23.0. The average Bonchev–Trinajstić information content (AvgIpc) is 2.42. The number of amides is 1. The van der Waals surface area contributed by atoms with Gasteiger partial charge in [0.05, 0.1) is 6.54 Å². The molecule has 0 aromatic carbocycles. The van der Waals surface area contributed by atoms with Crippen LogP contribution in [0.4, 0.5) is 0 Å². The largest absolute Gasteiger partial charge is 0.349 e. The van der Waals surface area contributed by atoms with E-state index in [9.17, 15) is 4.79 Å². The van der Waals surface area contributed by atoms with E-state index in [1.54, 1.807) is 0 Å². The minimum atomic E-state index is 0.103. The molecule has 0 unspecified atom stereocenters. The van der Waals surface area contributed by atoms with E-state index >= 15 is 0 Å². The van der Waals surface area contributed by atoms with E-state index in [0.29, 0.717) is 24.7 Å². The van der Waals surface area contributed by atoms with Gasteiger partial charge in [-0.1, -0.05) is 0 Å². The third kappa shape index (κ3) is 5.42. The summed E-state index contributed by atoms with van der Waals surface area (Å²) in [6.45, 7) is 6.62. The molecule has 1 saturated heterocycles. The Morgan fingerprint density at radius 3 is 2.76 bits per heavy atom. The number of hydrogen-bond donors (Lipinski definition) is 1. The summed E-state index contributed by atoms with van der Waals surface area (Å²) in [5.74, 6) is 1.45. The quantitative estimate of drug-likeness (QED) is 0.899. The molecule has 1 fully saturated rings. The van der Waals surface area contributed by atoms with Gasteiger partial charge in [0.15, 0.2) is 0 Å². The third-order valence-corrected chi connectivity index (χ3v) is 3.97. The third-order valence-electron chi connectivity index (χ3n) is 3.97. The molecule has 1 amide bonds. The zero-order valence-electron chi connectivity index (χ0n) is 13.4. The monoisotopic (exact) mass is 290 g/mol. The Labute approximate surface area is 127 Å². The number of aromatic nitrogens is 2. The zero-order valence-corrected chi connectivity index (χ0v) is 13.4. The van der Waals surface area contributed by atoms with Crippen molar-refractivity contribution in [3.63, 3.8) is 0 Å². The predicted molar refractivity (Wildman–Crippen MR) is 82.8 cm³/mol. The van der Waals surface area contributed by atoms with Crippen molar-refractivity contribution >= 4 is 5.91 Å². The van der Waals surface area contributed by atoms with Gasteiger partial charge < -0.3 is 10.2 Å². The van der Waals surface area contributed by atoms with Crippen LogP contribution in [0, 0.1) is 19.8 Å². The number of carbonyl (C=O) groups is 1. The maximum atomic E-state index is 11.9. The molecule has 1 atom stereocenters. The normalized spacial score (nSPS) is 19.5. The molecule has 0 aliphatic carbocycles. The topological polar surface area (TPSA) is 58.1 Å². The van der Waals surface area contributed by atoms with Crippen molar-refractivity contribution in [2.24, 2.45) is 5.92 Å². The first kappa shape index (κ1) is 15.9. The molecule has 5 heteroatoms. The molecule has 0 bridgehead atoms. The fourth-order valence-electron chi connectivity index (χ4n) is 2.99. The molecule has 2 rings (SSSR count). The van der Waals surface area contributed by atoms with Crippen molar-refractivity contribution < 1.29 is 4.79 Å². The second-order valence-electron chi connectivity index (χ2n) is 6.15. The van der Waals surface area contributed by atoms with Crippen molar-refractivity contribution in [3.05, 3.63) is 23.3 Å². The molecule has 1 aliphatic rings. The fraction of sp³-hybridized carbons (Fsp3) is 0.688. The highest BCUT2D eigenvalue weighted by Gasteiger charge is 2.17. The van der Waals surface area contributed by atoms with Gasteiger partial charge in [0.1, 0.15) is 5.82 Å². The van der Waals surface area contributed by atoms with Crippen LogP contribution in [0.1, 0.15) is 42.9 Å².